The minimum Gasteiger partial charge on any atom is -0.339 e. The zero-order valence-electron chi connectivity index (χ0n) is 13.2. The molecule has 1 aromatic rings. The van der Waals surface area contributed by atoms with E-state index in [1.165, 1.54) is 0 Å². The van der Waals surface area contributed by atoms with E-state index in [2.05, 4.69) is 29.2 Å². The number of carbonyl (C=O) groups excluding carboxylic acids is 1. The molecule has 1 aliphatic rings. The highest BCUT2D eigenvalue weighted by Crippen LogP contribution is 2.03. The molecular weight excluding hydrogens is 266 g/mol. The Morgan fingerprint density at radius 1 is 1.29 bits per heavy atom. The Labute approximate surface area is 127 Å². The van der Waals surface area contributed by atoms with Crippen molar-refractivity contribution < 1.29 is 4.79 Å². The van der Waals surface area contributed by atoms with Gasteiger partial charge in [-0.05, 0) is 20.0 Å². The number of amides is 1. The van der Waals surface area contributed by atoms with Crippen molar-refractivity contribution in [2.24, 2.45) is 0 Å². The van der Waals surface area contributed by atoms with Gasteiger partial charge in [0.15, 0.2) is 0 Å². The van der Waals surface area contributed by atoms with Gasteiger partial charge in [0.2, 0.25) is 5.91 Å². The number of piperazine rings is 1. The Bertz CT molecular complexity index is 437. The molecule has 2 heterocycles. The monoisotopic (exact) mass is 293 g/mol. The second-order valence-electron chi connectivity index (χ2n) is 5.72. The minimum atomic E-state index is 0.191. The molecule has 118 valence electrons. The van der Waals surface area contributed by atoms with Crippen LogP contribution in [0.2, 0.25) is 0 Å². The second-order valence-corrected chi connectivity index (χ2v) is 5.72. The van der Waals surface area contributed by atoms with E-state index in [1.807, 2.05) is 15.7 Å². The average Bonchev–Trinajstić information content (AvgIpc) is 2.92. The van der Waals surface area contributed by atoms with Crippen molar-refractivity contribution in [2.45, 2.75) is 26.3 Å². The summed E-state index contributed by atoms with van der Waals surface area (Å²) in [7, 11) is 2.09. The molecule has 1 N–H and O–H groups in total. The van der Waals surface area contributed by atoms with Crippen LogP contribution in [-0.4, -0.2) is 71.6 Å². The van der Waals surface area contributed by atoms with E-state index in [0.29, 0.717) is 6.54 Å². The van der Waals surface area contributed by atoms with Crippen molar-refractivity contribution in [3.05, 3.63) is 18.2 Å². The largest absolute Gasteiger partial charge is 0.339 e. The first-order chi connectivity index (χ1) is 10.2. The maximum absolute atomic E-state index is 12.2. The number of aromatic nitrogens is 2. The molecule has 0 spiro atoms. The summed E-state index contributed by atoms with van der Waals surface area (Å²) in [5.74, 6) is 0.191. The topological polar surface area (TPSA) is 53.4 Å². The maximum Gasteiger partial charge on any atom is 0.242 e. The van der Waals surface area contributed by atoms with Gasteiger partial charge in [-0.1, -0.05) is 6.92 Å². The van der Waals surface area contributed by atoms with Gasteiger partial charge >= 0.3 is 0 Å². The first-order valence-corrected chi connectivity index (χ1v) is 7.86. The fourth-order valence-electron chi connectivity index (χ4n) is 2.45. The normalized spacial score (nSPS) is 16.4. The number of nitrogens with zero attached hydrogens (tertiary/aromatic N) is 4. The summed E-state index contributed by atoms with van der Waals surface area (Å²) in [5, 5.41) is 3.36. The molecule has 1 fully saturated rings. The first kappa shape index (κ1) is 16.0. The van der Waals surface area contributed by atoms with E-state index in [-0.39, 0.29) is 5.91 Å². The zero-order chi connectivity index (χ0) is 15.1. The number of hydrogen-bond acceptors (Lipinski definition) is 4. The van der Waals surface area contributed by atoms with Gasteiger partial charge in [-0.15, -0.1) is 0 Å². The highest BCUT2D eigenvalue weighted by atomic mass is 16.2. The smallest absolute Gasteiger partial charge is 0.242 e. The van der Waals surface area contributed by atoms with Gasteiger partial charge in [0.25, 0.3) is 0 Å². The summed E-state index contributed by atoms with van der Waals surface area (Å²) in [6.45, 7) is 8.13. The van der Waals surface area contributed by atoms with Gasteiger partial charge in [0, 0.05) is 45.3 Å². The number of hydrogen-bond donors (Lipinski definition) is 1. The summed E-state index contributed by atoms with van der Waals surface area (Å²) in [6.07, 6.45) is 5.81. The standard InChI is InChI=1S/C15H27N5O/c1-3-5-16-6-4-14-11-19(13-17-14)12-15(21)20-9-7-18(2)8-10-20/h11,13,16H,3-10,12H2,1-2H3. The van der Waals surface area contributed by atoms with Crippen LogP contribution < -0.4 is 5.32 Å². The van der Waals surface area contributed by atoms with E-state index in [1.54, 1.807) is 6.33 Å². The highest BCUT2D eigenvalue weighted by Gasteiger charge is 2.19. The maximum atomic E-state index is 12.2. The molecule has 1 saturated heterocycles. The Kier molecular flexibility index (Phi) is 6.20. The number of likely N-dealkylation sites (N-methyl/N-ethyl adjacent to an activating group) is 1. The third-order valence-corrected chi connectivity index (χ3v) is 3.85. The number of rotatable bonds is 7. The van der Waals surface area contributed by atoms with Crippen molar-refractivity contribution in [2.75, 3.05) is 46.3 Å². The van der Waals surface area contributed by atoms with Crippen LogP contribution in [0.3, 0.4) is 0 Å². The summed E-state index contributed by atoms with van der Waals surface area (Å²) in [6, 6.07) is 0. The van der Waals surface area contributed by atoms with E-state index in [0.717, 1.165) is 57.8 Å². The lowest BCUT2D eigenvalue weighted by molar-refractivity contribution is -0.133. The molecule has 0 atom stereocenters. The van der Waals surface area contributed by atoms with Crippen LogP contribution in [0.5, 0.6) is 0 Å². The third kappa shape index (κ3) is 5.13. The van der Waals surface area contributed by atoms with E-state index in [9.17, 15) is 4.79 Å². The van der Waals surface area contributed by atoms with Crippen molar-refractivity contribution in [3.8, 4) is 0 Å². The van der Waals surface area contributed by atoms with Gasteiger partial charge in [-0.25, -0.2) is 4.98 Å². The van der Waals surface area contributed by atoms with Crippen LogP contribution in [0.1, 0.15) is 19.0 Å². The Balaban J connectivity index is 1.75. The fraction of sp³-hybridized carbons (Fsp3) is 0.733. The molecule has 0 bridgehead atoms. The minimum absolute atomic E-state index is 0.191. The summed E-state index contributed by atoms with van der Waals surface area (Å²) >= 11 is 0. The lowest BCUT2D eigenvalue weighted by Crippen LogP contribution is -2.48. The molecule has 2 rings (SSSR count). The van der Waals surface area contributed by atoms with Crippen LogP contribution in [0.4, 0.5) is 0 Å². The molecule has 6 nitrogen and oxygen atoms in total. The van der Waals surface area contributed by atoms with Crippen molar-refractivity contribution >= 4 is 5.91 Å². The van der Waals surface area contributed by atoms with Gasteiger partial charge in [0.05, 0.1) is 12.0 Å². The van der Waals surface area contributed by atoms with Gasteiger partial charge in [-0.3, -0.25) is 4.79 Å². The molecule has 1 amide bonds. The summed E-state index contributed by atoms with van der Waals surface area (Å²) in [5.41, 5.74) is 1.05. The number of imidazole rings is 1. The SMILES string of the molecule is CCCNCCc1cn(CC(=O)N2CCN(C)CC2)cn1. The predicted octanol–water partition coefficient (Wildman–Crippen LogP) is 0.199. The molecule has 0 aliphatic carbocycles. The van der Waals surface area contributed by atoms with Gasteiger partial charge in [0.1, 0.15) is 6.54 Å². The predicted molar refractivity (Wildman–Crippen MR) is 83.2 cm³/mol. The van der Waals surface area contributed by atoms with Crippen LogP contribution in [0.15, 0.2) is 12.5 Å². The Hall–Kier alpha value is -1.40. The molecule has 1 aromatic heterocycles. The highest BCUT2D eigenvalue weighted by molar-refractivity contribution is 5.76. The average molecular weight is 293 g/mol. The van der Waals surface area contributed by atoms with E-state index in [4.69, 9.17) is 0 Å². The Morgan fingerprint density at radius 2 is 2.05 bits per heavy atom. The zero-order valence-corrected chi connectivity index (χ0v) is 13.2. The molecule has 1 aliphatic heterocycles. The van der Waals surface area contributed by atoms with E-state index < -0.39 is 0 Å². The molecule has 0 saturated carbocycles. The van der Waals surface area contributed by atoms with Crippen molar-refractivity contribution in [1.29, 1.82) is 0 Å². The van der Waals surface area contributed by atoms with Crippen LogP contribution in [-0.2, 0) is 17.8 Å². The van der Waals surface area contributed by atoms with Crippen LogP contribution in [0, 0.1) is 0 Å². The van der Waals surface area contributed by atoms with Crippen LogP contribution in [0.25, 0.3) is 0 Å². The molecule has 6 heteroatoms. The number of carbonyl (C=O) groups is 1. The third-order valence-electron chi connectivity index (χ3n) is 3.85. The molecule has 0 aromatic carbocycles. The second kappa shape index (κ2) is 8.14. The summed E-state index contributed by atoms with van der Waals surface area (Å²) in [4.78, 5) is 20.8. The van der Waals surface area contributed by atoms with Crippen molar-refractivity contribution in [1.82, 2.24) is 24.7 Å². The lowest BCUT2D eigenvalue weighted by Gasteiger charge is -2.32. The fourth-order valence-corrected chi connectivity index (χ4v) is 2.45. The number of nitrogens with one attached hydrogen (secondary N) is 1. The van der Waals surface area contributed by atoms with Crippen molar-refractivity contribution in [3.63, 3.8) is 0 Å². The van der Waals surface area contributed by atoms with E-state index >= 15 is 0 Å². The quantitative estimate of drug-likeness (QED) is 0.730. The molecule has 0 unspecified atom stereocenters. The van der Waals surface area contributed by atoms with Crippen LogP contribution >= 0.6 is 0 Å². The summed E-state index contributed by atoms with van der Waals surface area (Å²) < 4.78 is 1.90. The van der Waals surface area contributed by atoms with Gasteiger partial charge in [-0.2, -0.15) is 0 Å². The first-order valence-electron chi connectivity index (χ1n) is 7.86. The molecular formula is C15H27N5O. The Morgan fingerprint density at radius 3 is 2.76 bits per heavy atom. The lowest BCUT2D eigenvalue weighted by atomic mass is 10.3. The van der Waals surface area contributed by atoms with Gasteiger partial charge < -0.3 is 19.7 Å². The molecule has 21 heavy (non-hydrogen) atoms. The molecule has 0 radical (unpaired) electrons.